The molecule has 0 aromatic rings. The Balaban J connectivity index is 2.16. The quantitative estimate of drug-likeness (QED) is 0.532. The van der Waals surface area contributed by atoms with Crippen LogP contribution in [-0.4, -0.2) is 37.4 Å². The van der Waals surface area contributed by atoms with Gasteiger partial charge in [-0.1, -0.05) is 13.0 Å². The molecular formula is C12H21NO3. The highest BCUT2D eigenvalue weighted by Crippen LogP contribution is 2.11. The van der Waals surface area contributed by atoms with Crippen LogP contribution in [0.3, 0.4) is 0 Å². The van der Waals surface area contributed by atoms with E-state index in [2.05, 4.69) is 5.32 Å². The van der Waals surface area contributed by atoms with Gasteiger partial charge in [-0.05, 0) is 25.2 Å². The smallest absolute Gasteiger partial charge is 0.331 e. The predicted molar refractivity (Wildman–Crippen MR) is 62.4 cm³/mol. The Kier molecular flexibility index (Phi) is 6.11. The maximum Gasteiger partial charge on any atom is 0.331 e. The fraction of sp³-hybridized carbons (Fsp3) is 0.750. The molecule has 0 aliphatic carbocycles. The van der Waals surface area contributed by atoms with E-state index in [0.29, 0.717) is 24.5 Å². The highest BCUT2D eigenvalue weighted by Gasteiger charge is 2.12. The second-order valence-corrected chi connectivity index (χ2v) is 4.13. The number of nitrogens with one attached hydrogen (secondary N) is 1. The number of hydrogen-bond acceptors (Lipinski definition) is 3. The largest absolute Gasteiger partial charge is 0.478 e. The number of carbonyl (C=O) groups is 1. The second kappa shape index (κ2) is 7.41. The van der Waals surface area contributed by atoms with Gasteiger partial charge in [0, 0.05) is 25.3 Å². The molecule has 92 valence electrons. The monoisotopic (exact) mass is 227 g/mol. The van der Waals surface area contributed by atoms with Crippen LogP contribution in [0.5, 0.6) is 0 Å². The molecule has 1 atom stereocenters. The van der Waals surface area contributed by atoms with Gasteiger partial charge in [0.05, 0.1) is 6.61 Å². The van der Waals surface area contributed by atoms with Crippen molar-refractivity contribution in [1.82, 2.24) is 5.32 Å². The predicted octanol–water partition coefficient (Wildman–Crippen LogP) is 1.42. The average molecular weight is 227 g/mol. The van der Waals surface area contributed by atoms with Crippen LogP contribution in [0, 0.1) is 5.92 Å². The minimum atomic E-state index is -0.815. The number of hydrogen-bond donors (Lipinski definition) is 2. The van der Waals surface area contributed by atoms with Gasteiger partial charge >= 0.3 is 5.97 Å². The third kappa shape index (κ3) is 4.77. The third-order valence-electron chi connectivity index (χ3n) is 2.84. The average Bonchev–Trinajstić information content (AvgIpc) is 2.30. The van der Waals surface area contributed by atoms with Crippen molar-refractivity contribution in [3.05, 3.63) is 11.6 Å². The fourth-order valence-corrected chi connectivity index (χ4v) is 1.83. The highest BCUT2D eigenvalue weighted by atomic mass is 16.5. The van der Waals surface area contributed by atoms with Crippen molar-refractivity contribution in [2.24, 2.45) is 5.92 Å². The molecule has 1 fully saturated rings. The lowest BCUT2D eigenvalue weighted by molar-refractivity contribution is -0.132. The molecule has 4 nitrogen and oxygen atoms in total. The van der Waals surface area contributed by atoms with Crippen molar-refractivity contribution in [3.63, 3.8) is 0 Å². The van der Waals surface area contributed by atoms with E-state index in [1.165, 1.54) is 6.42 Å². The van der Waals surface area contributed by atoms with E-state index in [4.69, 9.17) is 9.84 Å². The van der Waals surface area contributed by atoms with E-state index in [1.807, 2.05) is 6.92 Å². The van der Waals surface area contributed by atoms with E-state index >= 15 is 0 Å². The van der Waals surface area contributed by atoms with Crippen molar-refractivity contribution >= 4 is 5.97 Å². The molecule has 1 heterocycles. The Labute approximate surface area is 96.7 Å². The third-order valence-corrected chi connectivity index (χ3v) is 2.84. The van der Waals surface area contributed by atoms with Gasteiger partial charge in [0.15, 0.2) is 0 Å². The summed E-state index contributed by atoms with van der Waals surface area (Å²) in [6.07, 6.45) is 4.67. The zero-order valence-corrected chi connectivity index (χ0v) is 9.87. The first-order chi connectivity index (χ1) is 7.74. The minimum absolute atomic E-state index is 0.479. The summed E-state index contributed by atoms with van der Waals surface area (Å²) in [5.74, 6) is -0.234. The molecule has 16 heavy (non-hydrogen) atoms. The minimum Gasteiger partial charge on any atom is -0.478 e. The van der Waals surface area contributed by atoms with E-state index < -0.39 is 5.97 Å². The van der Waals surface area contributed by atoms with Crippen LogP contribution < -0.4 is 5.32 Å². The topological polar surface area (TPSA) is 58.6 Å². The second-order valence-electron chi connectivity index (χ2n) is 4.13. The Hall–Kier alpha value is -0.870. The van der Waals surface area contributed by atoms with Gasteiger partial charge in [0.25, 0.3) is 0 Å². The Morgan fingerprint density at radius 1 is 1.62 bits per heavy atom. The van der Waals surface area contributed by atoms with Crippen LogP contribution in [0.25, 0.3) is 0 Å². The molecule has 1 aliphatic rings. The number of ether oxygens (including phenoxy) is 1. The van der Waals surface area contributed by atoms with E-state index in [9.17, 15) is 4.79 Å². The van der Waals surface area contributed by atoms with Gasteiger partial charge in [0.2, 0.25) is 0 Å². The van der Waals surface area contributed by atoms with E-state index in [-0.39, 0.29) is 0 Å². The molecule has 0 aromatic carbocycles. The maximum absolute atomic E-state index is 10.7. The number of aliphatic carboxylic acids is 1. The van der Waals surface area contributed by atoms with Crippen molar-refractivity contribution in [3.8, 4) is 0 Å². The number of carboxylic acid groups (broad SMARTS) is 1. The number of carboxylic acids is 1. The normalized spacial score (nSPS) is 22.1. The van der Waals surface area contributed by atoms with Crippen molar-refractivity contribution in [2.45, 2.75) is 26.2 Å². The van der Waals surface area contributed by atoms with Crippen LogP contribution in [0.1, 0.15) is 26.2 Å². The molecule has 0 aromatic heterocycles. The zero-order valence-electron chi connectivity index (χ0n) is 9.87. The Morgan fingerprint density at radius 3 is 3.00 bits per heavy atom. The Morgan fingerprint density at radius 2 is 2.44 bits per heavy atom. The first-order valence-electron chi connectivity index (χ1n) is 5.94. The van der Waals surface area contributed by atoms with Gasteiger partial charge in [-0.2, -0.15) is 0 Å². The summed E-state index contributed by atoms with van der Waals surface area (Å²) in [4.78, 5) is 10.7. The van der Waals surface area contributed by atoms with Gasteiger partial charge < -0.3 is 15.2 Å². The van der Waals surface area contributed by atoms with Gasteiger partial charge in [0.1, 0.15) is 0 Å². The molecule has 1 aliphatic heterocycles. The van der Waals surface area contributed by atoms with Crippen molar-refractivity contribution < 1.29 is 14.6 Å². The van der Waals surface area contributed by atoms with Crippen molar-refractivity contribution in [1.29, 1.82) is 0 Å². The maximum atomic E-state index is 10.7. The van der Waals surface area contributed by atoms with E-state index in [0.717, 1.165) is 26.2 Å². The van der Waals surface area contributed by atoms with Gasteiger partial charge in [-0.25, -0.2) is 4.79 Å². The summed E-state index contributed by atoms with van der Waals surface area (Å²) < 4.78 is 5.37. The fourth-order valence-electron chi connectivity index (χ4n) is 1.83. The summed E-state index contributed by atoms with van der Waals surface area (Å²) in [6, 6.07) is 0. The van der Waals surface area contributed by atoms with Crippen LogP contribution in [0.2, 0.25) is 0 Å². The zero-order chi connectivity index (χ0) is 11.8. The van der Waals surface area contributed by atoms with Crippen LogP contribution in [0.15, 0.2) is 11.6 Å². The van der Waals surface area contributed by atoms with Crippen LogP contribution in [-0.2, 0) is 9.53 Å². The van der Waals surface area contributed by atoms with Crippen molar-refractivity contribution in [2.75, 3.05) is 26.3 Å². The SMILES string of the molecule is CCC(=CCNCC1CCCOC1)C(=O)O. The summed E-state index contributed by atoms with van der Waals surface area (Å²) in [6.45, 7) is 5.11. The van der Waals surface area contributed by atoms with E-state index in [1.54, 1.807) is 6.08 Å². The summed E-state index contributed by atoms with van der Waals surface area (Å²) >= 11 is 0. The highest BCUT2D eigenvalue weighted by molar-refractivity contribution is 5.86. The molecule has 0 radical (unpaired) electrons. The first-order valence-corrected chi connectivity index (χ1v) is 5.94. The summed E-state index contributed by atoms with van der Waals surface area (Å²) in [7, 11) is 0. The molecule has 2 N–H and O–H groups in total. The molecule has 1 unspecified atom stereocenters. The summed E-state index contributed by atoms with van der Waals surface area (Å²) in [5, 5.41) is 12.1. The lowest BCUT2D eigenvalue weighted by atomic mass is 10.0. The van der Waals surface area contributed by atoms with Crippen LogP contribution >= 0.6 is 0 Å². The molecule has 1 rings (SSSR count). The lowest BCUT2D eigenvalue weighted by Gasteiger charge is -2.21. The molecule has 0 spiro atoms. The molecular weight excluding hydrogens is 206 g/mol. The number of rotatable bonds is 6. The molecule has 0 amide bonds. The standard InChI is InChI=1S/C12H21NO3/c1-2-11(12(14)15)5-6-13-8-10-4-3-7-16-9-10/h5,10,13H,2-4,6-9H2,1H3,(H,14,15). The van der Waals surface area contributed by atoms with Crippen LogP contribution in [0.4, 0.5) is 0 Å². The van der Waals surface area contributed by atoms with Gasteiger partial charge in [-0.15, -0.1) is 0 Å². The molecule has 0 bridgehead atoms. The summed E-state index contributed by atoms with van der Waals surface area (Å²) in [5.41, 5.74) is 0.479. The van der Waals surface area contributed by atoms with Gasteiger partial charge in [-0.3, -0.25) is 0 Å². The molecule has 1 saturated heterocycles. The molecule has 4 heteroatoms. The Bertz CT molecular complexity index is 245. The molecule has 0 saturated carbocycles. The first kappa shape index (κ1) is 13.2. The lowest BCUT2D eigenvalue weighted by Crippen LogP contribution is -2.29.